The summed E-state index contributed by atoms with van der Waals surface area (Å²) < 4.78 is 131. The van der Waals surface area contributed by atoms with Crippen molar-refractivity contribution in [1.29, 1.82) is 0 Å². The minimum Gasteiger partial charge on any atom is -0.493 e. The highest BCUT2D eigenvalue weighted by molar-refractivity contribution is 5.91. The maximum atomic E-state index is 13.5. The van der Waals surface area contributed by atoms with Crippen molar-refractivity contribution in [2.45, 2.75) is 18.8 Å². The van der Waals surface area contributed by atoms with Crippen LogP contribution in [0.4, 0.5) is 11.8 Å². The van der Waals surface area contributed by atoms with E-state index in [1.165, 1.54) is 26.4 Å². The highest BCUT2D eigenvalue weighted by atomic mass is 16.5. The van der Waals surface area contributed by atoms with E-state index in [-0.39, 0.29) is 33.1 Å². The number of nitrogens with zero attached hydrogens (tertiary/aromatic N) is 4. The van der Waals surface area contributed by atoms with Gasteiger partial charge in [0.1, 0.15) is 11.9 Å². The number of hydrogen-bond acceptors (Lipinski definition) is 8. The van der Waals surface area contributed by atoms with Crippen molar-refractivity contribution in [3.63, 3.8) is 0 Å². The van der Waals surface area contributed by atoms with Crippen LogP contribution in [0.3, 0.4) is 0 Å². The second kappa shape index (κ2) is 7.67. The summed E-state index contributed by atoms with van der Waals surface area (Å²) in [6, 6.07) is 2.66. The molecule has 2 aliphatic heterocycles. The van der Waals surface area contributed by atoms with Gasteiger partial charge >= 0.3 is 0 Å². The van der Waals surface area contributed by atoms with Gasteiger partial charge in [0.25, 0.3) is 5.91 Å². The summed E-state index contributed by atoms with van der Waals surface area (Å²) in [6.07, 6.45) is -9.85. The summed E-state index contributed by atoms with van der Waals surface area (Å²) in [7, 11) is 2.65. The summed E-state index contributed by atoms with van der Waals surface area (Å²) in [4.78, 5) is 20.8. The Balaban J connectivity index is 1.91. The molecular formula is C19H25N5O4. The summed E-state index contributed by atoms with van der Waals surface area (Å²) in [5.41, 5.74) is 5.97. The quantitative estimate of drug-likeness (QED) is 0.811. The van der Waals surface area contributed by atoms with Gasteiger partial charge in [-0.25, -0.2) is 4.98 Å². The minimum absolute atomic E-state index is 0.0570. The third kappa shape index (κ3) is 3.37. The lowest BCUT2D eigenvalue weighted by Gasteiger charge is -2.35. The van der Waals surface area contributed by atoms with Gasteiger partial charge in [0, 0.05) is 49.5 Å². The molecule has 1 aromatic heterocycles. The number of amides is 1. The standard InChI is InChI=1S/C19H25N5O4/c1-26-15-10-12-13(11-16(15)27-2)21-19(22-17(12)20)24-7-5-23(6-8-24)18(25)14-4-3-9-28-14/h10-11,14H,3-9H2,1-2H3,(H2,20,21,22)/i3D2,4D2,5D2,6D2,7D2,8D2,9D2. The first-order valence-electron chi connectivity index (χ1n) is 14.9. The van der Waals surface area contributed by atoms with Crippen LogP contribution < -0.4 is 20.1 Å². The van der Waals surface area contributed by atoms with Gasteiger partial charge in [-0.15, -0.1) is 0 Å². The van der Waals surface area contributed by atoms with Crippen LogP contribution in [0.2, 0.25) is 0 Å². The Hall–Kier alpha value is -2.81. The number of ether oxygens (including phenoxy) is 3. The van der Waals surface area contributed by atoms with Gasteiger partial charge in [-0.3, -0.25) is 4.79 Å². The Kier molecular flexibility index (Phi) is 2.27. The largest absolute Gasteiger partial charge is 0.493 e. The Morgan fingerprint density at radius 1 is 1.21 bits per heavy atom. The van der Waals surface area contributed by atoms with E-state index in [4.69, 9.17) is 34.4 Å². The molecule has 1 unspecified atom stereocenters. The number of aromatic nitrogens is 2. The number of methoxy groups -OCH3 is 2. The average molecular weight is 402 g/mol. The zero-order chi connectivity index (χ0) is 32.2. The predicted octanol–water partition coefficient (Wildman–Crippen LogP) is 1.06. The van der Waals surface area contributed by atoms with Gasteiger partial charge < -0.3 is 29.7 Å². The topological polar surface area (TPSA) is 103 Å². The Morgan fingerprint density at radius 2 is 1.93 bits per heavy atom. The van der Waals surface area contributed by atoms with Crippen molar-refractivity contribution in [1.82, 2.24) is 14.9 Å². The number of anilines is 2. The highest BCUT2D eigenvalue weighted by Gasteiger charge is 2.31. The SMILES string of the molecule is [2H]C1([2H])OC(C(=O)N2C([2H])([2H])C([2H])([2H])N(c3nc(N)c4cc(OC)c(OC)cc4n3)C([2H])([2H])C2([2H])[2H])C([2H])([2H])C1([2H])[2H]. The van der Waals surface area contributed by atoms with E-state index in [0.717, 1.165) is 0 Å². The van der Waals surface area contributed by atoms with E-state index in [9.17, 15) is 4.79 Å². The van der Waals surface area contributed by atoms with Crippen molar-refractivity contribution in [3.05, 3.63) is 12.1 Å². The number of hydrogen-bond donors (Lipinski definition) is 1. The zero-order valence-corrected chi connectivity index (χ0v) is 14.7. The molecule has 9 heteroatoms. The molecule has 3 heterocycles. The van der Waals surface area contributed by atoms with Gasteiger partial charge in [0.05, 0.1) is 33.4 Å². The molecule has 0 aliphatic carbocycles. The monoisotopic (exact) mass is 401 g/mol. The van der Waals surface area contributed by atoms with Crippen LogP contribution in [0.25, 0.3) is 10.9 Å². The fourth-order valence-corrected chi connectivity index (χ4v) is 2.47. The zero-order valence-electron chi connectivity index (χ0n) is 28.7. The number of rotatable bonds is 4. The summed E-state index contributed by atoms with van der Waals surface area (Å²) >= 11 is 0. The number of piperazine rings is 1. The fraction of sp³-hybridized carbons (Fsp3) is 0.526. The highest BCUT2D eigenvalue weighted by Crippen LogP contribution is 2.34. The molecule has 0 radical (unpaired) electrons. The molecular weight excluding hydrogens is 362 g/mol. The molecule has 2 aliphatic rings. The van der Waals surface area contributed by atoms with E-state index in [1.807, 2.05) is 0 Å². The van der Waals surface area contributed by atoms with Crippen LogP contribution in [0.5, 0.6) is 11.5 Å². The molecule has 1 aromatic carbocycles. The first-order chi connectivity index (χ1) is 18.9. The Bertz CT molecular complexity index is 1430. The minimum atomic E-state index is -3.87. The van der Waals surface area contributed by atoms with Crippen molar-refractivity contribution in [3.8, 4) is 11.5 Å². The van der Waals surface area contributed by atoms with Gasteiger partial charge in [0.15, 0.2) is 11.5 Å². The normalized spacial score (nSPS) is 39.9. The van der Waals surface area contributed by atoms with Crippen LogP contribution in [-0.4, -0.2) is 73.6 Å². The third-order valence-electron chi connectivity index (χ3n) is 3.84. The molecule has 150 valence electrons. The summed E-state index contributed by atoms with van der Waals surface area (Å²) in [6.45, 7) is -18.6. The van der Waals surface area contributed by atoms with Gasteiger partial charge in [-0.05, 0) is 18.8 Å². The first kappa shape index (κ1) is 8.28. The number of benzene rings is 1. The van der Waals surface area contributed by atoms with Crippen LogP contribution in [0, 0.1) is 0 Å². The molecule has 2 fully saturated rings. The number of carbonyl (C=O) groups is 1. The molecule has 2 saturated heterocycles. The predicted molar refractivity (Wildman–Crippen MR) is 105 cm³/mol. The molecule has 28 heavy (non-hydrogen) atoms. The molecule has 9 nitrogen and oxygen atoms in total. The lowest BCUT2D eigenvalue weighted by molar-refractivity contribution is -0.141. The molecule has 0 spiro atoms. The summed E-state index contributed by atoms with van der Waals surface area (Å²) in [5, 5.41) is 0.140. The Morgan fingerprint density at radius 3 is 2.57 bits per heavy atom. The number of carbonyl (C=O) groups excluding carboxylic acids is 1. The van der Waals surface area contributed by atoms with Gasteiger partial charge in [-0.2, -0.15) is 4.98 Å². The maximum Gasteiger partial charge on any atom is 0.251 e. The second-order valence-electron chi connectivity index (χ2n) is 5.46. The number of nitrogens with two attached hydrogens (primary N) is 1. The van der Waals surface area contributed by atoms with Gasteiger partial charge in [-0.1, -0.05) is 0 Å². The first-order valence-corrected chi connectivity index (χ1v) is 7.88. The lowest BCUT2D eigenvalue weighted by Crippen LogP contribution is -2.51. The van der Waals surface area contributed by atoms with Crippen molar-refractivity contribution < 1.29 is 38.2 Å². The van der Waals surface area contributed by atoms with E-state index in [1.54, 1.807) is 0 Å². The number of fused-ring (bicyclic) bond motifs is 1. The van der Waals surface area contributed by atoms with Crippen LogP contribution >= 0.6 is 0 Å². The van der Waals surface area contributed by atoms with E-state index in [2.05, 4.69) is 14.7 Å². The van der Waals surface area contributed by atoms with E-state index in [0.29, 0.717) is 0 Å². The van der Waals surface area contributed by atoms with Crippen LogP contribution in [-0.2, 0) is 9.53 Å². The number of nitrogen functional groups attached to an aromatic ring is 1. The van der Waals surface area contributed by atoms with Crippen molar-refractivity contribution in [2.75, 3.05) is 57.4 Å². The molecule has 1 amide bonds. The second-order valence-corrected chi connectivity index (χ2v) is 5.46. The van der Waals surface area contributed by atoms with Crippen LogP contribution in [0.15, 0.2) is 12.1 Å². The van der Waals surface area contributed by atoms with Crippen molar-refractivity contribution >= 4 is 28.6 Å². The molecule has 2 aromatic rings. The van der Waals surface area contributed by atoms with Crippen LogP contribution in [0.1, 0.15) is 31.9 Å². The summed E-state index contributed by atoms with van der Waals surface area (Å²) in [5.74, 6) is -3.03. The maximum absolute atomic E-state index is 13.5. The lowest BCUT2D eigenvalue weighted by atomic mass is 10.2. The van der Waals surface area contributed by atoms with E-state index >= 15 is 0 Å². The van der Waals surface area contributed by atoms with Gasteiger partial charge in [0.2, 0.25) is 5.95 Å². The van der Waals surface area contributed by atoms with Crippen molar-refractivity contribution in [2.24, 2.45) is 0 Å². The third-order valence-corrected chi connectivity index (χ3v) is 3.84. The molecule has 4 rings (SSSR count). The molecule has 1 atom stereocenters. The average Bonchev–Trinajstić information content (AvgIpc) is 2.97. The van der Waals surface area contributed by atoms with E-state index < -0.39 is 68.2 Å². The fourth-order valence-electron chi connectivity index (χ4n) is 2.47. The molecule has 0 bridgehead atoms. The molecule has 2 N–H and O–H groups in total. The molecule has 0 saturated carbocycles. The smallest absolute Gasteiger partial charge is 0.251 e. The Labute approximate surface area is 183 Å².